The summed E-state index contributed by atoms with van der Waals surface area (Å²) in [6, 6.07) is 0.711. The van der Waals surface area contributed by atoms with Crippen LogP contribution in [0.3, 0.4) is 0 Å². The first-order chi connectivity index (χ1) is 7.69. The van der Waals surface area contributed by atoms with Crippen LogP contribution in [0, 0.1) is 5.92 Å². The molecule has 2 aliphatic rings. The summed E-state index contributed by atoms with van der Waals surface area (Å²) in [5.41, 5.74) is 0. The SMILES string of the molecule is CCNC(CN1CC(C)OC(C)C1)C1CC1. The summed E-state index contributed by atoms with van der Waals surface area (Å²) in [6.45, 7) is 11.1. The fraction of sp³-hybridized carbons (Fsp3) is 1.00. The van der Waals surface area contributed by atoms with Crippen molar-refractivity contribution in [2.45, 2.75) is 51.9 Å². The highest BCUT2D eigenvalue weighted by atomic mass is 16.5. The molecule has 0 spiro atoms. The lowest BCUT2D eigenvalue weighted by atomic mass is 10.1. The van der Waals surface area contributed by atoms with Gasteiger partial charge in [-0.05, 0) is 39.2 Å². The highest BCUT2D eigenvalue weighted by Gasteiger charge is 2.33. The molecule has 2 rings (SSSR count). The zero-order valence-corrected chi connectivity index (χ0v) is 10.9. The third-order valence-corrected chi connectivity index (χ3v) is 3.61. The fourth-order valence-corrected chi connectivity index (χ4v) is 2.85. The second kappa shape index (κ2) is 5.48. The second-order valence-electron chi connectivity index (χ2n) is 5.48. The fourth-order valence-electron chi connectivity index (χ4n) is 2.85. The van der Waals surface area contributed by atoms with E-state index in [9.17, 15) is 0 Å². The first kappa shape index (κ1) is 12.3. The van der Waals surface area contributed by atoms with E-state index < -0.39 is 0 Å². The Hall–Kier alpha value is -0.120. The Kier molecular flexibility index (Phi) is 4.22. The maximum Gasteiger partial charge on any atom is 0.0678 e. The smallest absolute Gasteiger partial charge is 0.0678 e. The molecule has 2 fully saturated rings. The lowest BCUT2D eigenvalue weighted by molar-refractivity contribution is -0.0703. The number of ether oxygens (including phenoxy) is 1. The summed E-state index contributed by atoms with van der Waals surface area (Å²) in [7, 11) is 0. The monoisotopic (exact) mass is 226 g/mol. The largest absolute Gasteiger partial charge is 0.373 e. The minimum atomic E-state index is 0.394. The van der Waals surface area contributed by atoms with Crippen LogP contribution in [-0.4, -0.2) is 49.3 Å². The van der Waals surface area contributed by atoms with Gasteiger partial charge in [-0.25, -0.2) is 0 Å². The van der Waals surface area contributed by atoms with Crippen molar-refractivity contribution >= 4 is 0 Å². The number of likely N-dealkylation sites (N-methyl/N-ethyl adjacent to an activating group) is 1. The zero-order valence-electron chi connectivity index (χ0n) is 10.9. The maximum absolute atomic E-state index is 5.77. The van der Waals surface area contributed by atoms with Gasteiger partial charge in [0.2, 0.25) is 0 Å². The number of hydrogen-bond donors (Lipinski definition) is 1. The lowest BCUT2D eigenvalue weighted by Crippen LogP contribution is -2.51. The number of rotatable bonds is 5. The molecule has 0 bridgehead atoms. The summed E-state index contributed by atoms with van der Waals surface area (Å²) < 4.78 is 5.77. The van der Waals surface area contributed by atoms with Crippen LogP contribution in [0.15, 0.2) is 0 Å². The topological polar surface area (TPSA) is 24.5 Å². The molecule has 1 N–H and O–H groups in total. The Morgan fingerprint density at radius 3 is 2.38 bits per heavy atom. The van der Waals surface area contributed by atoms with Crippen molar-refractivity contribution in [2.75, 3.05) is 26.2 Å². The highest BCUT2D eigenvalue weighted by molar-refractivity contribution is 4.89. The van der Waals surface area contributed by atoms with Gasteiger partial charge in [-0.15, -0.1) is 0 Å². The van der Waals surface area contributed by atoms with Crippen molar-refractivity contribution in [1.82, 2.24) is 10.2 Å². The van der Waals surface area contributed by atoms with Crippen molar-refractivity contribution < 1.29 is 4.74 Å². The van der Waals surface area contributed by atoms with Gasteiger partial charge in [0.1, 0.15) is 0 Å². The molecule has 0 radical (unpaired) electrons. The van der Waals surface area contributed by atoms with E-state index in [1.807, 2.05) is 0 Å². The molecule has 0 amide bonds. The molecule has 3 nitrogen and oxygen atoms in total. The van der Waals surface area contributed by atoms with Crippen LogP contribution in [0.1, 0.15) is 33.6 Å². The number of nitrogens with one attached hydrogen (secondary N) is 1. The molecule has 16 heavy (non-hydrogen) atoms. The molecule has 1 saturated heterocycles. The number of morpholine rings is 1. The Morgan fingerprint density at radius 1 is 1.25 bits per heavy atom. The molecular formula is C13H26N2O. The molecule has 1 aliphatic heterocycles. The van der Waals surface area contributed by atoms with Crippen LogP contribution < -0.4 is 5.32 Å². The van der Waals surface area contributed by atoms with E-state index in [2.05, 4.69) is 31.0 Å². The summed E-state index contributed by atoms with van der Waals surface area (Å²) in [5, 5.41) is 3.64. The molecule has 0 aromatic carbocycles. The van der Waals surface area contributed by atoms with Crippen LogP contribution >= 0.6 is 0 Å². The first-order valence-corrected chi connectivity index (χ1v) is 6.80. The molecule has 94 valence electrons. The molecule has 3 unspecified atom stereocenters. The van der Waals surface area contributed by atoms with Gasteiger partial charge in [0.05, 0.1) is 12.2 Å². The molecule has 3 atom stereocenters. The molecule has 1 heterocycles. The Labute approximate surface area is 99.5 Å². The van der Waals surface area contributed by atoms with E-state index in [4.69, 9.17) is 4.74 Å². The maximum atomic E-state index is 5.77. The summed E-state index contributed by atoms with van der Waals surface area (Å²) in [5.74, 6) is 0.938. The predicted octanol–water partition coefficient (Wildman–Crippen LogP) is 1.48. The molecule has 0 aromatic heterocycles. The van der Waals surface area contributed by atoms with Crippen molar-refractivity contribution in [3.63, 3.8) is 0 Å². The Balaban J connectivity index is 1.81. The van der Waals surface area contributed by atoms with E-state index in [1.165, 1.54) is 19.4 Å². The van der Waals surface area contributed by atoms with E-state index >= 15 is 0 Å². The van der Waals surface area contributed by atoms with Crippen molar-refractivity contribution in [2.24, 2.45) is 5.92 Å². The number of nitrogens with zero attached hydrogens (tertiary/aromatic N) is 1. The van der Waals surface area contributed by atoms with Crippen molar-refractivity contribution in [3.8, 4) is 0 Å². The summed E-state index contributed by atoms with van der Waals surface area (Å²) >= 11 is 0. The van der Waals surface area contributed by atoms with E-state index in [-0.39, 0.29) is 0 Å². The van der Waals surface area contributed by atoms with Gasteiger partial charge in [0.15, 0.2) is 0 Å². The normalized spacial score (nSPS) is 33.9. The average molecular weight is 226 g/mol. The average Bonchev–Trinajstić information content (AvgIpc) is 2.98. The van der Waals surface area contributed by atoms with Gasteiger partial charge in [-0.3, -0.25) is 4.90 Å². The van der Waals surface area contributed by atoms with Gasteiger partial charge in [0.25, 0.3) is 0 Å². The van der Waals surface area contributed by atoms with Gasteiger partial charge >= 0.3 is 0 Å². The lowest BCUT2D eigenvalue weighted by Gasteiger charge is -2.37. The van der Waals surface area contributed by atoms with Crippen LogP contribution in [0.2, 0.25) is 0 Å². The third kappa shape index (κ3) is 3.44. The number of hydrogen-bond acceptors (Lipinski definition) is 3. The van der Waals surface area contributed by atoms with Crippen LogP contribution in [0.4, 0.5) is 0 Å². The van der Waals surface area contributed by atoms with Crippen LogP contribution in [0.25, 0.3) is 0 Å². The highest BCUT2D eigenvalue weighted by Crippen LogP contribution is 2.33. The second-order valence-corrected chi connectivity index (χ2v) is 5.48. The van der Waals surface area contributed by atoms with Gasteiger partial charge < -0.3 is 10.1 Å². The van der Waals surface area contributed by atoms with Gasteiger partial charge in [-0.2, -0.15) is 0 Å². The van der Waals surface area contributed by atoms with E-state index in [0.717, 1.165) is 25.6 Å². The van der Waals surface area contributed by atoms with Gasteiger partial charge in [-0.1, -0.05) is 6.92 Å². The summed E-state index contributed by atoms with van der Waals surface area (Å²) in [4.78, 5) is 2.57. The molecule has 3 heteroatoms. The minimum Gasteiger partial charge on any atom is -0.373 e. The zero-order chi connectivity index (χ0) is 11.5. The summed E-state index contributed by atoms with van der Waals surface area (Å²) in [6.07, 6.45) is 3.63. The third-order valence-electron chi connectivity index (χ3n) is 3.61. The Bertz CT molecular complexity index is 208. The molecular weight excluding hydrogens is 200 g/mol. The van der Waals surface area contributed by atoms with Crippen molar-refractivity contribution in [3.05, 3.63) is 0 Å². The minimum absolute atomic E-state index is 0.394. The van der Waals surface area contributed by atoms with E-state index in [1.54, 1.807) is 0 Å². The van der Waals surface area contributed by atoms with Gasteiger partial charge in [0, 0.05) is 25.7 Å². The standard InChI is InChI=1S/C13H26N2O/c1-4-14-13(12-5-6-12)9-15-7-10(2)16-11(3)8-15/h10-14H,4-9H2,1-3H3. The molecule has 1 saturated carbocycles. The Morgan fingerprint density at radius 2 is 1.88 bits per heavy atom. The van der Waals surface area contributed by atoms with E-state index in [0.29, 0.717) is 18.2 Å². The molecule has 0 aromatic rings. The van der Waals surface area contributed by atoms with Crippen LogP contribution in [0.5, 0.6) is 0 Å². The predicted molar refractivity (Wildman–Crippen MR) is 66.6 cm³/mol. The first-order valence-electron chi connectivity index (χ1n) is 6.80. The van der Waals surface area contributed by atoms with Crippen LogP contribution in [-0.2, 0) is 4.74 Å². The molecule has 1 aliphatic carbocycles. The van der Waals surface area contributed by atoms with Crippen molar-refractivity contribution in [1.29, 1.82) is 0 Å². The quantitative estimate of drug-likeness (QED) is 0.768.